The van der Waals surface area contributed by atoms with E-state index in [9.17, 15) is 9.18 Å². The van der Waals surface area contributed by atoms with Crippen molar-refractivity contribution in [3.63, 3.8) is 0 Å². The number of rotatable bonds is 5. The summed E-state index contributed by atoms with van der Waals surface area (Å²) >= 11 is 7.20. The zero-order chi connectivity index (χ0) is 12.8. The number of amides is 1. The van der Waals surface area contributed by atoms with Crippen molar-refractivity contribution in [3.8, 4) is 0 Å². The smallest absolute Gasteiger partial charge is 0.241 e. The quantitative estimate of drug-likeness (QED) is 0.869. The topological polar surface area (TPSA) is 55.1 Å². The van der Waals surface area contributed by atoms with Crippen molar-refractivity contribution in [2.75, 3.05) is 17.3 Å². The van der Waals surface area contributed by atoms with E-state index in [2.05, 4.69) is 5.32 Å². The minimum absolute atomic E-state index is 0.0273. The minimum atomic E-state index is -0.639. The van der Waals surface area contributed by atoms with Gasteiger partial charge in [-0.2, -0.15) is 11.8 Å². The van der Waals surface area contributed by atoms with Gasteiger partial charge in [-0.15, -0.1) is 0 Å². The normalized spacial score (nSPS) is 12.2. The minimum Gasteiger partial charge on any atom is -0.322 e. The molecule has 0 spiro atoms. The van der Waals surface area contributed by atoms with Gasteiger partial charge in [0.1, 0.15) is 0 Å². The Kier molecular flexibility index (Phi) is 5.74. The number of carbonyl (C=O) groups excluding carboxylic acids is 1. The van der Waals surface area contributed by atoms with Crippen LogP contribution in [0.2, 0.25) is 5.02 Å². The summed E-state index contributed by atoms with van der Waals surface area (Å²) in [5.74, 6) is -0.258. The van der Waals surface area contributed by atoms with Crippen LogP contribution < -0.4 is 11.1 Å². The van der Waals surface area contributed by atoms with E-state index in [0.29, 0.717) is 6.42 Å². The van der Waals surface area contributed by atoms with Crippen molar-refractivity contribution in [2.45, 2.75) is 12.5 Å². The average Bonchev–Trinajstić information content (AvgIpc) is 2.31. The molecule has 1 aromatic rings. The van der Waals surface area contributed by atoms with Gasteiger partial charge in [0.25, 0.3) is 0 Å². The van der Waals surface area contributed by atoms with Gasteiger partial charge in [-0.1, -0.05) is 17.7 Å². The van der Waals surface area contributed by atoms with Crippen LogP contribution in [0.1, 0.15) is 6.42 Å². The molecule has 6 heteroatoms. The second-order valence-corrected chi connectivity index (χ2v) is 4.87. The second kappa shape index (κ2) is 6.83. The summed E-state index contributed by atoms with van der Waals surface area (Å²) in [5, 5.41) is 2.40. The molecule has 1 atom stereocenters. The lowest BCUT2D eigenvalue weighted by Gasteiger charge is -2.12. The Morgan fingerprint density at radius 1 is 1.65 bits per heavy atom. The van der Waals surface area contributed by atoms with Gasteiger partial charge >= 0.3 is 0 Å². The Bertz CT molecular complexity index is 403. The molecule has 1 aromatic carbocycles. The van der Waals surface area contributed by atoms with Crippen molar-refractivity contribution in [2.24, 2.45) is 5.73 Å². The molecule has 0 fully saturated rings. The van der Waals surface area contributed by atoms with Crippen LogP contribution in [0.25, 0.3) is 0 Å². The summed E-state index contributed by atoms with van der Waals surface area (Å²) in [4.78, 5) is 11.6. The number of thioether (sulfide) groups is 1. The van der Waals surface area contributed by atoms with Gasteiger partial charge in [0.05, 0.1) is 16.8 Å². The molecule has 1 rings (SSSR count). The van der Waals surface area contributed by atoms with Gasteiger partial charge < -0.3 is 11.1 Å². The van der Waals surface area contributed by atoms with Crippen molar-refractivity contribution < 1.29 is 9.18 Å². The highest BCUT2D eigenvalue weighted by Gasteiger charge is 2.15. The first-order valence-corrected chi connectivity index (χ1v) is 6.83. The van der Waals surface area contributed by atoms with E-state index < -0.39 is 17.8 Å². The molecule has 0 heterocycles. The largest absolute Gasteiger partial charge is 0.322 e. The second-order valence-electron chi connectivity index (χ2n) is 3.48. The lowest BCUT2D eigenvalue weighted by atomic mass is 10.2. The Labute approximate surface area is 109 Å². The van der Waals surface area contributed by atoms with Crippen molar-refractivity contribution in [3.05, 3.63) is 29.0 Å². The lowest BCUT2D eigenvalue weighted by molar-refractivity contribution is -0.117. The molecule has 17 heavy (non-hydrogen) atoms. The molecule has 1 amide bonds. The molecule has 0 saturated heterocycles. The molecule has 0 unspecified atom stereocenters. The van der Waals surface area contributed by atoms with Crippen LogP contribution in [0.4, 0.5) is 10.1 Å². The Balaban J connectivity index is 2.64. The van der Waals surface area contributed by atoms with Crippen molar-refractivity contribution in [1.29, 1.82) is 0 Å². The zero-order valence-electron chi connectivity index (χ0n) is 9.37. The molecule has 0 bridgehead atoms. The molecule has 0 aromatic heterocycles. The number of anilines is 1. The zero-order valence-corrected chi connectivity index (χ0v) is 10.9. The van der Waals surface area contributed by atoms with Gasteiger partial charge in [-0.3, -0.25) is 4.79 Å². The first-order chi connectivity index (χ1) is 8.06. The lowest BCUT2D eigenvalue weighted by Crippen LogP contribution is -2.36. The summed E-state index contributed by atoms with van der Waals surface area (Å²) < 4.78 is 13.5. The van der Waals surface area contributed by atoms with Gasteiger partial charge in [0.2, 0.25) is 5.91 Å². The SMILES string of the molecule is CSCC[C@H](N)C(=O)Nc1cccc(Cl)c1F. The summed E-state index contributed by atoms with van der Waals surface area (Å²) in [6.07, 6.45) is 2.48. The van der Waals surface area contributed by atoms with Crippen molar-refractivity contribution in [1.82, 2.24) is 0 Å². The van der Waals surface area contributed by atoms with Gasteiger partial charge in [0.15, 0.2) is 5.82 Å². The van der Waals surface area contributed by atoms with Gasteiger partial charge in [0, 0.05) is 0 Å². The predicted molar refractivity (Wildman–Crippen MR) is 71.0 cm³/mol. The fourth-order valence-corrected chi connectivity index (χ4v) is 1.87. The highest BCUT2D eigenvalue weighted by Crippen LogP contribution is 2.22. The number of carbonyl (C=O) groups is 1. The predicted octanol–water partition coefficient (Wildman–Crippen LogP) is 2.50. The van der Waals surface area contributed by atoms with Crippen molar-refractivity contribution >= 4 is 35.0 Å². The molecule has 3 N–H and O–H groups in total. The molecule has 0 aliphatic carbocycles. The molecule has 0 radical (unpaired) electrons. The Morgan fingerprint density at radius 3 is 3.00 bits per heavy atom. The number of benzene rings is 1. The van der Waals surface area contributed by atoms with Crippen LogP contribution in [0.15, 0.2) is 18.2 Å². The van der Waals surface area contributed by atoms with Gasteiger partial charge in [-0.05, 0) is 30.6 Å². The van der Waals surface area contributed by atoms with E-state index in [4.69, 9.17) is 17.3 Å². The van der Waals surface area contributed by atoms with E-state index in [1.807, 2.05) is 6.26 Å². The van der Waals surface area contributed by atoms with Gasteiger partial charge in [-0.25, -0.2) is 4.39 Å². The first-order valence-electron chi connectivity index (χ1n) is 5.05. The standard InChI is InChI=1S/C11H14ClFN2OS/c1-17-6-5-8(14)11(16)15-9-4-2-3-7(12)10(9)13/h2-4,8H,5-6,14H2,1H3,(H,15,16)/t8-/m0/s1. The molecule has 0 aliphatic heterocycles. The maximum atomic E-state index is 13.5. The van der Waals surface area contributed by atoms with Crippen LogP contribution in [-0.4, -0.2) is 24.0 Å². The highest BCUT2D eigenvalue weighted by atomic mass is 35.5. The molecule has 0 aliphatic rings. The van der Waals surface area contributed by atoms with E-state index >= 15 is 0 Å². The molecule has 3 nitrogen and oxygen atoms in total. The van der Waals surface area contributed by atoms with E-state index in [0.717, 1.165) is 5.75 Å². The van der Waals surface area contributed by atoms with E-state index in [1.165, 1.54) is 12.1 Å². The number of halogens is 2. The molecular formula is C11H14ClFN2OS. The van der Waals surface area contributed by atoms with Crippen LogP contribution in [0.3, 0.4) is 0 Å². The maximum Gasteiger partial charge on any atom is 0.241 e. The third-order valence-electron chi connectivity index (χ3n) is 2.18. The molecular weight excluding hydrogens is 263 g/mol. The third-order valence-corrected chi connectivity index (χ3v) is 3.12. The van der Waals surface area contributed by atoms with E-state index in [-0.39, 0.29) is 10.7 Å². The van der Waals surface area contributed by atoms with Crippen LogP contribution in [0.5, 0.6) is 0 Å². The summed E-state index contributed by atoms with van der Waals surface area (Å²) in [6, 6.07) is 3.79. The molecule has 94 valence electrons. The van der Waals surface area contributed by atoms with Crippen LogP contribution in [-0.2, 0) is 4.79 Å². The maximum absolute atomic E-state index is 13.5. The Morgan fingerprint density at radius 2 is 2.35 bits per heavy atom. The molecule has 0 saturated carbocycles. The highest BCUT2D eigenvalue weighted by molar-refractivity contribution is 7.98. The fraction of sp³-hybridized carbons (Fsp3) is 0.364. The Hall–Kier alpha value is -0.780. The number of nitrogens with two attached hydrogens (primary N) is 1. The number of hydrogen-bond donors (Lipinski definition) is 2. The summed E-state index contributed by atoms with van der Waals surface area (Å²) in [6.45, 7) is 0. The fourth-order valence-electron chi connectivity index (χ4n) is 1.20. The number of hydrogen-bond acceptors (Lipinski definition) is 3. The number of nitrogens with one attached hydrogen (secondary N) is 1. The van der Waals surface area contributed by atoms with E-state index in [1.54, 1.807) is 17.8 Å². The van der Waals surface area contributed by atoms with Crippen LogP contribution in [0, 0.1) is 5.82 Å². The first kappa shape index (κ1) is 14.3. The monoisotopic (exact) mass is 276 g/mol. The summed E-state index contributed by atoms with van der Waals surface area (Å²) in [5.41, 5.74) is 5.72. The third kappa shape index (κ3) is 4.18. The average molecular weight is 277 g/mol. The van der Waals surface area contributed by atoms with Crippen LogP contribution >= 0.6 is 23.4 Å². The summed E-state index contributed by atoms with van der Waals surface area (Å²) in [7, 11) is 0.